The van der Waals surface area contributed by atoms with Gasteiger partial charge in [0.2, 0.25) is 5.91 Å². The summed E-state index contributed by atoms with van der Waals surface area (Å²) in [7, 11) is 0. The highest BCUT2D eigenvalue weighted by atomic mass is 32.1. The van der Waals surface area contributed by atoms with Gasteiger partial charge in [-0.2, -0.15) is 0 Å². The minimum atomic E-state index is -0.230. The van der Waals surface area contributed by atoms with Gasteiger partial charge in [0.25, 0.3) is 0 Å². The number of aromatic nitrogens is 2. The lowest BCUT2D eigenvalue weighted by molar-refractivity contribution is -0.124. The van der Waals surface area contributed by atoms with E-state index in [1.807, 2.05) is 35.2 Å². The Morgan fingerprint density at radius 2 is 2.24 bits per heavy atom. The Bertz CT molecular complexity index is 584. The third kappa shape index (κ3) is 3.18. The Kier molecular flexibility index (Phi) is 4.39. The number of nitrogens with zero attached hydrogens (tertiary/aromatic N) is 2. The van der Waals surface area contributed by atoms with Gasteiger partial charge in [0.1, 0.15) is 6.04 Å². The minimum absolute atomic E-state index is 0.0951. The first kappa shape index (κ1) is 14.3. The van der Waals surface area contributed by atoms with Crippen LogP contribution >= 0.6 is 11.3 Å². The van der Waals surface area contributed by atoms with Crippen LogP contribution in [0.5, 0.6) is 0 Å². The highest BCUT2D eigenvalue weighted by Gasteiger charge is 2.22. The molecule has 1 aliphatic rings. The number of thiophene rings is 1. The number of nitrogens with one attached hydrogen (secondary N) is 1. The van der Waals surface area contributed by atoms with Crippen LogP contribution in [0.25, 0.3) is 10.7 Å². The summed E-state index contributed by atoms with van der Waals surface area (Å²) in [6.45, 7) is 1.94. The van der Waals surface area contributed by atoms with E-state index in [0.717, 1.165) is 23.5 Å². The highest BCUT2D eigenvalue weighted by molar-refractivity contribution is 7.13. The summed E-state index contributed by atoms with van der Waals surface area (Å²) in [6.07, 6.45) is 9.63. The summed E-state index contributed by atoms with van der Waals surface area (Å²) in [4.78, 5) is 18.0. The molecule has 1 amide bonds. The summed E-state index contributed by atoms with van der Waals surface area (Å²) >= 11 is 1.64. The quantitative estimate of drug-likeness (QED) is 0.937. The van der Waals surface area contributed by atoms with Crippen LogP contribution < -0.4 is 5.32 Å². The van der Waals surface area contributed by atoms with E-state index in [2.05, 4.69) is 10.3 Å². The monoisotopic (exact) mass is 303 g/mol. The van der Waals surface area contributed by atoms with Crippen molar-refractivity contribution in [3.8, 4) is 10.7 Å². The van der Waals surface area contributed by atoms with E-state index >= 15 is 0 Å². The maximum absolute atomic E-state index is 12.5. The molecule has 0 saturated heterocycles. The summed E-state index contributed by atoms with van der Waals surface area (Å²) in [5.41, 5.74) is 0. The molecule has 1 N–H and O–H groups in total. The smallest absolute Gasteiger partial charge is 0.243 e. The molecule has 0 radical (unpaired) electrons. The number of amides is 1. The van der Waals surface area contributed by atoms with Gasteiger partial charge in [-0.15, -0.1) is 11.3 Å². The Morgan fingerprint density at radius 1 is 1.43 bits per heavy atom. The van der Waals surface area contributed by atoms with Crippen LogP contribution in [0.3, 0.4) is 0 Å². The third-order valence-electron chi connectivity index (χ3n) is 4.16. The van der Waals surface area contributed by atoms with Crippen molar-refractivity contribution in [1.82, 2.24) is 14.9 Å². The molecule has 5 heteroatoms. The molecule has 0 bridgehead atoms. The van der Waals surface area contributed by atoms with Crippen LogP contribution in [0.2, 0.25) is 0 Å². The molecule has 2 aromatic heterocycles. The second-order valence-corrected chi connectivity index (χ2v) is 6.60. The van der Waals surface area contributed by atoms with Crippen molar-refractivity contribution in [1.29, 1.82) is 0 Å². The van der Waals surface area contributed by atoms with Crippen LogP contribution in [0.4, 0.5) is 0 Å². The van der Waals surface area contributed by atoms with Crippen molar-refractivity contribution in [3.05, 3.63) is 29.9 Å². The van der Waals surface area contributed by atoms with E-state index in [1.165, 1.54) is 19.3 Å². The van der Waals surface area contributed by atoms with Gasteiger partial charge >= 0.3 is 0 Å². The van der Waals surface area contributed by atoms with Gasteiger partial charge < -0.3 is 9.88 Å². The molecule has 1 unspecified atom stereocenters. The molecular formula is C16H21N3OS. The van der Waals surface area contributed by atoms with Gasteiger partial charge in [-0.1, -0.05) is 25.3 Å². The number of hydrogen-bond acceptors (Lipinski definition) is 3. The van der Waals surface area contributed by atoms with Crippen LogP contribution in [-0.4, -0.2) is 21.5 Å². The topological polar surface area (TPSA) is 46.9 Å². The van der Waals surface area contributed by atoms with E-state index in [0.29, 0.717) is 6.04 Å². The Morgan fingerprint density at radius 3 is 2.95 bits per heavy atom. The number of hydrogen-bond donors (Lipinski definition) is 1. The maximum atomic E-state index is 12.5. The lowest BCUT2D eigenvalue weighted by Gasteiger charge is -2.25. The predicted molar refractivity (Wildman–Crippen MR) is 85.3 cm³/mol. The number of carbonyl (C=O) groups is 1. The van der Waals surface area contributed by atoms with E-state index < -0.39 is 0 Å². The molecule has 21 heavy (non-hydrogen) atoms. The molecule has 0 spiro atoms. The van der Waals surface area contributed by atoms with Crippen LogP contribution in [0.1, 0.15) is 45.1 Å². The zero-order valence-corrected chi connectivity index (χ0v) is 13.1. The van der Waals surface area contributed by atoms with Crippen molar-refractivity contribution in [2.45, 2.75) is 51.1 Å². The second kappa shape index (κ2) is 6.43. The molecule has 1 atom stereocenters. The Hall–Kier alpha value is -1.62. The molecule has 1 saturated carbocycles. The molecule has 2 heterocycles. The molecule has 0 aliphatic heterocycles. The summed E-state index contributed by atoms with van der Waals surface area (Å²) in [5.74, 6) is 0.967. The fraction of sp³-hybridized carbons (Fsp3) is 0.500. The third-order valence-corrected chi connectivity index (χ3v) is 5.02. The van der Waals surface area contributed by atoms with Gasteiger partial charge in [-0.25, -0.2) is 4.98 Å². The van der Waals surface area contributed by atoms with Crippen molar-refractivity contribution in [2.75, 3.05) is 0 Å². The first-order valence-corrected chi connectivity index (χ1v) is 8.51. The highest BCUT2D eigenvalue weighted by Crippen LogP contribution is 2.26. The van der Waals surface area contributed by atoms with Crippen molar-refractivity contribution in [3.63, 3.8) is 0 Å². The predicted octanol–water partition coefficient (Wildman–Crippen LogP) is 3.62. The molecule has 1 fully saturated rings. The first-order valence-electron chi connectivity index (χ1n) is 7.63. The molecule has 112 valence electrons. The molecular weight excluding hydrogens is 282 g/mol. The average molecular weight is 303 g/mol. The maximum Gasteiger partial charge on any atom is 0.243 e. The molecule has 1 aliphatic carbocycles. The van der Waals surface area contributed by atoms with E-state index in [1.54, 1.807) is 17.5 Å². The largest absolute Gasteiger partial charge is 0.352 e. The van der Waals surface area contributed by atoms with Crippen LogP contribution in [0.15, 0.2) is 29.9 Å². The molecule has 2 aromatic rings. The first-order chi connectivity index (χ1) is 10.3. The number of imidazole rings is 1. The van der Waals surface area contributed by atoms with Gasteiger partial charge in [-0.05, 0) is 31.2 Å². The van der Waals surface area contributed by atoms with E-state index in [-0.39, 0.29) is 11.9 Å². The van der Waals surface area contributed by atoms with Crippen molar-refractivity contribution >= 4 is 17.2 Å². The van der Waals surface area contributed by atoms with Gasteiger partial charge in [0.05, 0.1) is 4.88 Å². The van der Waals surface area contributed by atoms with E-state index in [9.17, 15) is 4.79 Å². The molecule has 0 aromatic carbocycles. The Balaban J connectivity index is 1.71. The Labute approximate surface area is 129 Å². The lowest BCUT2D eigenvalue weighted by atomic mass is 9.95. The molecule has 3 rings (SSSR count). The zero-order valence-electron chi connectivity index (χ0n) is 12.3. The minimum Gasteiger partial charge on any atom is -0.352 e. The van der Waals surface area contributed by atoms with Crippen LogP contribution in [0, 0.1) is 0 Å². The van der Waals surface area contributed by atoms with E-state index in [4.69, 9.17) is 0 Å². The standard InChI is InChI=1S/C16H21N3OS/c1-12(16(20)18-13-6-3-2-4-7-13)19-10-9-17-15(19)14-8-5-11-21-14/h5,8-13H,2-4,6-7H2,1H3,(H,18,20). The normalized spacial score (nSPS) is 17.6. The fourth-order valence-electron chi connectivity index (χ4n) is 2.92. The van der Waals surface area contributed by atoms with Gasteiger partial charge in [0.15, 0.2) is 5.82 Å². The summed E-state index contributed by atoms with van der Waals surface area (Å²) < 4.78 is 1.96. The lowest BCUT2D eigenvalue weighted by Crippen LogP contribution is -2.39. The number of carbonyl (C=O) groups excluding carboxylic acids is 1. The zero-order chi connectivity index (χ0) is 14.7. The van der Waals surface area contributed by atoms with Crippen molar-refractivity contribution in [2.24, 2.45) is 0 Å². The van der Waals surface area contributed by atoms with Crippen molar-refractivity contribution < 1.29 is 4.79 Å². The second-order valence-electron chi connectivity index (χ2n) is 5.65. The fourth-order valence-corrected chi connectivity index (χ4v) is 3.64. The van der Waals surface area contributed by atoms with Crippen LogP contribution in [-0.2, 0) is 4.79 Å². The SMILES string of the molecule is CC(C(=O)NC1CCCCC1)n1ccnc1-c1cccs1. The summed E-state index contributed by atoms with van der Waals surface area (Å²) in [6, 6.07) is 4.16. The average Bonchev–Trinajstić information content (AvgIpc) is 3.18. The van der Waals surface area contributed by atoms with Gasteiger partial charge in [0, 0.05) is 18.4 Å². The summed E-state index contributed by atoms with van der Waals surface area (Å²) in [5, 5.41) is 5.22. The molecule has 4 nitrogen and oxygen atoms in total. The van der Waals surface area contributed by atoms with Gasteiger partial charge in [-0.3, -0.25) is 4.79 Å². The number of rotatable bonds is 4.